The fraction of sp³-hybridized carbons (Fsp3) is 0.500. The van der Waals surface area contributed by atoms with Gasteiger partial charge in [0.15, 0.2) is 60.6 Å². The molecule has 0 aliphatic carbocycles. The van der Waals surface area contributed by atoms with Gasteiger partial charge in [0.25, 0.3) is 34.1 Å². The third-order valence-electron chi connectivity index (χ3n) is 14.3. The van der Waals surface area contributed by atoms with E-state index in [4.69, 9.17) is 60.1 Å². The molecule has 40 nitrogen and oxygen atoms in total. The van der Waals surface area contributed by atoms with E-state index in [1.54, 1.807) is 64.4 Å². The summed E-state index contributed by atoms with van der Waals surface area (Å²) in [7, 11) is -17.3. The lowest BCUT2D eigenvalue weighted by atomic mass is 10.0. The molecule has 2 unspecified atom stereocenters. The van der Waals surface area contributed by atoms with Crippen LogP contribution in [-0.4, -0.2) is 233 Å². The third-order valence-corrected chi connectivity index (χ3v) is 22.4. The summed E-state index contributed by atoms with van der Waals surface area (Å²) in [5, 5.41) is 118. The van der Waals surface area contributed by atoms with Crippen LogP contribution in [-0.2, 0) is 93.9 Å². The van der Waals surface area contributed by atoms with Crippen LogP contribution in [0.2, 0.25) is 0 Å². The van der Waals surface area contributed by atoms with E-state index in [0.717, 1.165) is 61.5 Å². The Hall–Kier alpha value is -7.48. The Morgan fingerprint density at radius 3 is 0.800 bits per heavy atom. The lowest BCUT2D eigenvalue weighted by Gasteiger charge is -2.30. The normalized spacial score (nSPS) is 15.4. The minimum atomic E-state index is -3.75. The molecule has 0 bridgehead atoms. The van der Waals surface area contributed by atoms with Crippen molar-refractivity contribution in [1.29, 1.82) is 0 Å². The zero-order valence-corrected chi connectivity index (χ0v) is 61.1. The predicted molar refractivity (Wildman–Crippen MR) is 367 cm³/mol. The van der Waals surface area contributed by atoms with Crippen LogP contribution >= 0.6 is 0 Å². The Kier molecular flexibility index (Phi) is 41.0. The van der Waals surface area contributed by atoms with Crippen LogP contribution in [0.4, 0.5) is 0 Å². The van der Waals surface area contributed by atoms with Gasteiger partial charge >= 0.3 is 28.6 Å². The quantitative estimate of drug-likeness (QED) is 0.0169. The number of hydrogen-bond acceptors (Lipinski definition) is 34. The minimum absolute atomic E-state index is 0. The molecule has 6 heterocycles. The number of amides is 2. The topological polar surface area (TPSA) is 628 Å². The van der Waals surface area contributed by atoms with Crippen molar-refractivity contribution in [2.45, 2.75) is 126 Å². The summed E-state index contributed by atoms with van der Waals surface area (Å²) in [6.07, 6.45) is 9.58. The van der Waals surface area contributed by atoms with E-state index < -0.39 is 111 Å². The molecule has 2 aliphatic heterocycles. The second-order valence-electron chi connectivity index (χ2n) is 22.0. The SMILES string of the molecule is CO.CO.Cc1ccn(CCC(C)(C(=O)NO)S(C)(=O)=O)c(=O)c1.Cc1ccn(CCC(C)(C2=NO[B-](O)(O)O2)S(C)(=O)=O)c(=O)c1.Cc1ccn(CC[C@](C)(C(=O)NO)S(C)(=O)=O)c(=O)c1.Cc1ccn(CC[C@](C)(C2=NO[B-](O)(O)O2)S(C)(=O)=O)c(=O)c1.OB(O)O.OB(O)O.[CH3+].[CH3+]. The number of aromatic nitrogens is 4. The number of carbonyl (C=O) groups is 2. The molecule has 0 saturated heterocycles. The zero-order valence-electron chi connectivity index (χ0n) is 57.8. The van der Waals surface area contributed by atoms with E-state index in [9.17, 15) is 82.5 Å². The molecule has 0 radical (unpaired) electrons. The van der Waals surface area contributed by atoms with Crippen LogP contribution in [0.1, 0.15) is 75.6 Å². The Bertz CT molecular complexity index is 3820. The summed E-state index contributed by atoms with van der Waals surface area (Å²) in [6.45, 7) is 5.10. The molecule has 2 amide bonds. The summed E-state index contributed by atoms with van der Waals surface area (Å²) in [4.78, 5) is 70.4. The van der Waals surface area contributed by atoms with Crippen LogP contribution in [0, 0.1) is 42.5 Å². The lowest BCUT2D eigenvalue weighted by molar-refractivity contribution is -0.132. The number of nitrogens with zero attached hydrogens (tertiary/aromatic N) is 6. The molecular weight excluding hydrogens is 1420 g/mol. The monoisotopic (exact) mass is 1510 g/mol. The first-order valence-corrected chi connectivity index (χ1v) is 35.6. The van der Waals surface area contributed by atoms with E-state index in [-0.39, 0.29) is 89.0 Å². The fourth-order valence-corrected chi connectivity index (χ4v) is 11.0. The minimum Gasteiger partial charge on any atom is -0.620 e. The van der Waals surface area contributed by atoms with E-state index in [0.29, 0.717) is 0 Å². The smallest absolute Gasteiger partial charge is 0.620 e. The fourth-order valence-electron chi connectivity index (χ4n) is 7.63. The molecular formula is C52H92B4N8O32S4. The zero-order chi connectivity index (χ0) is 77.2. The molecule has 6 rings (SSSR count). The van der Waals surface area contributed by atoms with Crippen molar-refractivity contribution in [2.24, 2.45) is 10.3 Å². The first-order valence-electron chi connectivity index (χ1n) is 28.0. The summed E-state index contributed by atoms with van der Waals surface area (Å²) in [5.74, 6) is -2.93. The van der Waals surface area contributed by atoms with Gasteiger partial charge in [-0.3, -0.25) is 39.2 Å². The molecule has 0 saturated carbocycles. The van der Waals surface area contributed by atoms with Gasteiger partial charge in [0, 0.05) is 129 Å². The highest BCUT2D eigenvalue weighted by atomic mass is 32.2. The number of oxime groups is 2. The number of aliphatic hydroxyl groups is 2. The molecule has 4 aromatic rings. The van der Waals surface area contributed by atoms with Gasteiger partial charge in [-0.15, -0.1) is 0 Å². The first-order chi connectivity index (χ1) is 44.6. The number of hydroxylamine groups is 2. The summed E-state index contributed by atoms with van der Waals surface area (Å²) >= 11 is 0. The van der Waals surface area contributed by atoms with Gasteiger partial charge in [0.2, 0.25) is 0 Å². The van der Waals surface area contributed by atoms with Gasteiger partial charge < -0.3 is 97.5 Å². The lowest BCUT2D eigenvalue weighted by Crippen LogP contribution is -2.49. The maximum atomic E-state index is 12.2. The maximum Gasteiger partial charge on any atom is 0.668 e. The van der Waals surface area contributed by atoms with E-state index in [2.05, 4.69) is 19.8 Å². The number of carbonyl (C=O) groups excluding carboxylic acids is 2. The average Bonchev–Trinajstić information content (AvgIpc) is 1.50. The Labute approximate surface area is 578 Å². The van der Waals surface area contributed by atoms with Crippen molar-refractivity contribution < 1.29 is 133 Å². The molecule has 48 heteroatoms. The summed E-state index contributed by atoms with van der Waals surface area (Å²) < 4.78 is 112. The van der Waals surface area contributed by atoms with Crippen molar-refractivity contribution in [3.63, 3.8) is 0 Å². The van der Waals surface area contributed by atoms with E-state index in [1.807, 2.05) is 0 Å². The van der Waals surface area contributed by atoms with Crippen LogP contribution in [0.5, 0.6) is 0 Å². The highest BCUT2D eigenvalue weighted by molar-refractivity contribution is 7.93. The second kappa shape index (κ2) is 41.4. The number of sulfone groups is 4. The molecule has 16 N–H and O–H groups in total. The Morgan fingerprint density at radius 2 is 0.650 bits per heavy atom. The maximum absolute atomic E-state index is 12.2. The highest BCUT2D eigenvalue weighted by Gasteiger charge is 2.51. The van der Waals surface area contributed by atoms with Crippen molar-refractivity contribution in [1.82, 2.24) is 29.2 Å². The Balaban J connectivity index is -0.000000579. The van der Waals surface area contributed by atoms with E-state index in [1.165, 1.54) is 93.6 Å². The van der Waals surface area contributed by atoms with Crippen molar-refractivity contribution >= 4 is 91.5 Å². The molecule has 4 aromatic heterocycles. The van der Waals surface area contributed by atoms with Crippen LogP contribution in [0.15, 0.2) is 103 Å². The van der Waals surface area contributed by atoms with Gasteiger partial charge in [-0.2, -0.15) is 0 Å². The number of hydrogen-bond donors (Lipinski definition) is 16. The average molecular weight is 1510 g/mol. The van der Waals surface area contributed by atoms with Crippen LogP contribution < -0.4 is 33.2 Å². The van der Waals surface area contributed by atoms with E-state index >= 15 is 0 Å². The number of aryl methyl sites for hydroxylation is 8. The third kappa shape index (κ3) is 30.4. The van der Waals surface area contributed by atoms with Gasteiger partial charge in [-0.05, 0) is 128 Å². The summed E-state index contributed by atoms with van der Waals surface area (Å²) in [6, 6.07) is 12.6. The predicted octanol–water partition coefficient (Wildman–Crippen LogP) is -6.01. The van der Waals surface area contributed by atoms with Crippen molar-refractivity contribution in [3.05, 3.63) is 152 Å². The highest BCUT2D eigenvalue weighted by Crippen LogP contribution is 2.31. The molecule has 2 aliphatic rings. The van der Waals surface area contributed by atoms with Crippen molar-refractivity contribution in [3.8, 4) is 0 Å². The van der Waals surface area contributed by atoms with Gasteiger partial charge in [-0.25, -0.2) is 44.6 Å². The molecule has 0 fully saturated rings. The molecule has 0 spiro atoms. The first kappa shape index (κ1) is 98.9. The Morgan fingerprint density at radius 1 is 0.450 bits per heavy atom. The van der Waals surface area contributed by atoms with Gasteiger partial charge in [0.05, 0.1) is 0 Å². The molecule has 4 atom stereocenters. The largest absolute Gasteiger partial charge is 0.668 e. The second-order valence-corrected chi connectivity index (χ2v) is 31.8. The summed E-state index contributed by atoms with van der Waals surface area (Å²) in [5.41, 5.74) is 4.83. The van der Waals surface area contributed by atoms with Gasteiger partial charge in [-0.1, -0.05) is 10.3 Å². The van der Waals surface area contributed by atoms with Crippen molar-refractivity contribution in [2.75, 3.05) is 39.2 Å². The molecule has 568 valence electrons. The number of pyridine rings is 4. The van der Waals surface area contributed by atoms with Crippen LogP contribution in [0.25, 0.3) is 0 Å². The van der Waals surface area contributed by atoms with Gasteiger partial charge in [0.1, 0.15) is 9.49 Å². The van der Waals surface area contributed by atoms with Crippen LogP contribution in [0.3, 0.4) is 0 Å². The number of aliphatic hydroxyl groups excluding tert-OH is 2. The molecule has 100 heavy (non-hydrogen) atoms. The standard InChI is InChI=1S/2C12H18BN2O7S.2C12H18N2O5S.2CH4O.2CH3.2BH3O3/c2*1-9-4-6-15(10(16)8-9)7-5-12(2,23(3,19)20)11-14-22-13(17,18)21-11;2*1-9-4-6-14(10(15)8-9)7-5-12(2,11(16)13-17)20(3,18)19;2*1-2;;;2*2-1(3)4/h2*4,6,8,17-18H,5,7H2,1-3H3;2*4,6,8,17H,5,7H2,1-3H3,(H,13,16);2*2H,1H3;2*1H3;2*2-4H/q2*-1;;;;;2*+1;;/t12-;;12-;;;;;;;/m1.1......./s1. The molecule has 0 aromatic carbocycles. The number of nitrogens with one attached hydrogen (secondary N) is 2. The number of rotatable bonds is 20.